The van der Waals surface area contributed by atoms with Crippen molar-refractivity contribution in [1.82, 2.24) is 14.7 Å². The van der Waals surface area contributed by atoms with Gasteiger partial charge in [-0.3, -0.25) is 9.80 Å². The molecule has 172 valence electrons. The summed E-state index contributed by atoms with van der Waals surface area (Å²) < 4.78 is 0. The largest absolute Gasteiger partial charge is 0.306 e. The van der Waals surface area contributed by atoms with E-state index in [0.29, 0.717) is 16.4 Å². The molecule has 0 aromatic rings. The lowest BCUT2D eigenvalue weighted by atomic mass is 9.67. The molecule has 2 heterocycles. The van der Waals surface area contributed by atoms with Crippen LogP contribution in [0.4, 0.5) is 0 Å². The average molecular weight is 408 g/mol. The zero-order chi connectivity index (χ0) is 22.1. The molecule has 0 spiro atoms. The SMILES string of the molecule is CCC(C)(C)CC(C)(C)N1CCN(C(C)(C)CC(C)(C)C2CCN(C)CC2)CC1. The molecule has 3 heteroatoms. The fraction of sp³-hybridized carbons (Fsp3) is 1.00. The molecular weight excluding hydrogens is 354 g/mol. The molecule has 2 aliphatic heterocycles. The van der Waals surface area contributed by atoms with E-state index in [2.05, 4.69) is 84.1 Å². The van der Waals surface area contributed by atoms with Gasteiger partial charge in [-0.25, -0.2) is 0 Å². The Balaban J connectivity index is 1.93. The van der Waals surface area contributed by atoms with E-state index in [4.69, 9.17) is 0 Å². The van der Waals surface area contributed by atoms with Crippen molar-refractivity contribution < 1.29 is 0 Å². The monoisotopic (exact) mass is 407 g/mol. The van der Waals surface area contributed by atoms with Gasteiger partial charge in [-0.2, -0.15) is 0 Å². The minimum Gasteiger partial charge on any atom is -0.306 e. The zero-order valence-electron chi connectivity index (χ0n) is 21.7. The van der Waals surface area contributed by atoms with E-state index >= 15 is 0 Å². The standard InChI is InChI=1S/C26H53N3/c1-11-23(2,3)20-25(6,7)28-16-18-29(19-17-28)26(8,9)21-24(4,5)22-12-14-27(10)15-13-22/h22H,11-21H2,1-10H3. The van der Waals surface area contributed by atoms with E-state index in [1.807, 2.05) is 0 Å². The molecule has 0 N–H and O–H groups in total. The van der Waals surface area contributed by atoms with E-state index < -0.39 is 0 Å². The third-order valence-corrected chi connectivity index (χ3v) is 8.57. The molecule has 0 unspecified atom stereocenters. The van der Waals surface area contributed by atoms with E-state index in [0.717, 1.165) is 5.92 Å². The van der Waals surface area contributed by atoms with Crippen molar-refractivity contribution in [3.63, 3.8) is 0 Å². The molecule has 0 aromatic carbocycles. The second kappa shape index (κ2) is 9.17. The zero-order valence-corrected chi connectivity index (χ0v) is 21.7. The lowest BCUT2D eigenvalue weighted by molar-refractivity contribution is -0.0289. The topological polar surface area (TPSA) is 9.72 Å². The number of likely N-dealkylation sites (tertiary alicyclic amines) is 1. The Morgan fingerprint density at radius 3 is 1.48 bits per heavy atom. The van der Waals surface area contributed by atoms with Gasteiger partial charge in [-0.1, -0.05) is 41.0 Å². The molecule has 2 aliphatic rings. The summed E-state index contributed by atoms with van der Waals surface area (Å²) in [5.74, 6) is 0.870. The van der Waals surface area contributed by atoms with Gasteiger partial charge in [-0.05, 0) is 90.3 Å². The smallest absolute Gasteiger partial charge is 0.0159 e. The number of piperazine rings is 1. The van der Waals surface area contributed by atoms with E-state index in [1.165, 1.54) is 71.4 Å². The Kier molecular flexibility index (Phi) is 7.95. The third-order valence-electron chi connectivity index (χ3n) is 8.57. The minimum absolute atomic E-state index is 0.284. The van der Waals surface area contributed by atoms with Crippen LogP contribution in [-0.4, -0.2) is 72.1 Å². The van der Waals surface area contributed by atoms with Crippen LogP contribution in [0.5, 0.6) is 0 Å². The molecule has 0 saturated carbocycles. The maximum Gasteiger partial charge on any atom is 0.0159 e. The Hall–Kier alpha value is -0.120. The highest BCUT2D eigenvalue weighted by Gasteiger charge is 2.41. The highest BCUT2D eigenvalue weighted by molar-refractivity contribution is 4.96. The predicted octanol–water partition coefficient (Wildman–Crippen LogP) is 5.75. The molecule has 0 bridgehead atoms. The Labute approximate surface area is 183 Å². The first-order valence-electron chi connectivity index (χ1n) is 12.4. The molecule has 0 aromatic heterocycles. The second-order valence-corrected chi connectivity index (χ2v) is 13.0. The van der Waals surface area contributed by atoms with Crippen molar-refractivity contribution in [2.75, 3.05) is 46.3 Å². The van der Waals surface area contributed by atoms with Gasteiger partial charge >= 0.3 is 0 Å². The Morgan fingerprint density at radius 2 is 1.07 bits per heavy atom. The summed E-state index contributed by atoms with van der Waals surface area (Å²) in [5, 5.41) is 0. The maximum absolute atomic E-state index is 2.79. The number of hydrogen-bond donors (Lipinski definition) is 0. The summed E-state index contributed by atoms with van der Waals surface area (Å²) in [4.78, 5) is 8.05. The van der Waals surface area contributed by atoms with Gasteiger partial charge in [-0.15, -0.1) is 0 Å². The van der Waals surface area contributed by atoms with Gasteiger partial charge in [0.2, 0.25) is 0 Å². The summed E-state index contributed by atoms with van der Waals surface area (Å²) in [6.07, 6.45) is 6.59. The van der Waals surface area contributed by atoms with Gasteiger partial charge in [0.1, 0.15) is 0 Å². The highest BCUT2D eigenvalue weighted by atomic mass is 15.3. The molecular formula is C26H53N3. The van der Waals surface area contributed by atoms with Crippen molar-refractivity contribution >= 4 is 0 Å². The number of nitrogens with zero attached hydrogens (tertiary/aromatic N) is 3. The van der Waals surface area contributed by atoms with Crippen LogP contribution in [0.25, 0.3) is 0 Å². The van der Waals surface area contributed by atoms with Crippen LogP contribution in [0.1, 0.15) is 94.4 Å². The first kappa shape index (κ1) is 25.1. The summed E-state index contributed by atoms with van der Waals surface area (Å²) in [5.41, 5.74) is 1.43. The molecule has 29 heavy (non-hydrogen) atoms. The lowest BCUT2D eigenvalue weighted by Gasteiger charge is -2.52. The molecule has 3 nitrogen and oxygen atoms in total. The maximum atomic E-state index is 2.79. The number of hydrogen-bond acceptors (Lipinski definition) is 3. The molecule has 0 aliphatic carbocycles. The molecule has 0 atom stereocenters. The van der Waals surface area contributed by atoms with Crippen LogP contribution in [-0.2, 0) is 0 Å². The lowest BCUT2D eigenvalue weighted by Crippen LogP contribution is -2.60. The Morgan fingerprint density at radius 1 is 0.655 bits per heavy atom. The fourth-order valence-corrected chi connectivity index (χ4v) is 6.49. The average Bonchev–Trinajstić information content (AvgIpc) is 2.60. The van der Waals surface area contributed by atoms with Crippen molar-refractivity contribution in [1.29, 1.82) is 0 Å². The van der Waals surface area contributed by atoms with Crippen molar-refractivity contribution in [2.24, 2.45) is 16.7 Å². The molecule has 2 fully saturated rings. The summed E-state index contributed by atoms with van der Waals surface area (Å²) in [6, 6.07) is 0. The highest BCUT2D eigenvalue weighted by Crippen LogP contribution is 2.43. The van der Waals surface area contributed by atoms with E-state index in [9.17, 15) is 0 Å². The van der Waals surface area contributed by atoms with Crippen molar-refractivity contribution in [2.45, 2.75) is 105 Å². The molecule has 0 amide bonds. The number of rotatable bonds is 8. The van der Waals surface area contributed by atoms with Crippen LogP contribution in [0.15, 0.2) is 0 Å². The predicted molar refractivity (Wildman–Crippen MR) is 129 cm³/mol. The second-order valence-electron chi connectivity index (χ2n) is 13.0. The molecule has 2 rings (SSSR count). The van der Waals surface area contributed by atoms with Gasteiger partial charge in [0, 0.05) is 37.3 Å². The van der Waals surface area contributed by atoms with Gasteiger partial charge in [0.15, 0.2) is 0 Å². The molecule has 0 radical (unpaired) electrons. The first-order chi connectivity index (χ1) is 13.2. The Bertz CT molecular complexity index is 504. The first-order valence-corrected chi connectivity index (χ1v) is 12.4. The minimum atomic E-state index is 0.284. The van der Waals surface area contributed by atoms with E-state index in [-0.39, 0.29) is 5.54 Å². The van der Waals surface area contributed by atoms with Gasteiger partial charge < -0.3 is 4.90 Å². The van der Waals surface area contributed by atoms with Crippen LogP contribution in [0.3, 0.4) is 0 Å². The quantitative estimate of drug-likeness (QED) is 0.507. The normalized spacial score (nSPS) is 23.0. The van der Waals surface area contributed by atoms with Crippen LogP contribution in [0.2, 0.25) is 0 Å². The summed E-state index contributed by atoms with van der Waals surface area (Å²) in [6.45, 7) is 29.6. The van der Waals surface area contributed by atoms with Gasteiger partial charge in [0.25, 0.3) is 0 Å². The van der Waals surface area contributed by atoms with Gasteiger partial charge in [0.05, 0.1) is 0 Å². The van der Waals surface area contributed by atoms with Crippen molar-refractivity contribution in [3.8, 4) is 0 Å². The number of piperidine rings is 1. The van der Waals surface area contributed by atoms with Crippen molar-refractivity contribution in [3.05, 3.63) is 0 Å². The van der Waals surface area contributed by atoms with Crippen LogP contribution < -0.4 is 0 Å². The fourth-order valence-electron chi connectivity index (χ4n) is 6.49. The molecule has 2 saturated heterocycles. The summed E-state index contributed by atoms with van der Waals surface area (Å²) >= 11 is 0. The van der Waals surface area contributed by atoms with Crippen LogP contribution >= 0.6 is 0 Å². The van der Waals surface area contributed by atoms with E-state index in [1.54, 1.807) is 0 Å². The van der Waals surface area contributed by atoms with Crippen LogP contribution in [0, 0.1) is 16.7 Å². The summed E-state index contributed by atoms with van der Waals surface area (Å²) in [7, 11) is 2.27. The third kappa shape index (κ3) is 6.68.